The fourth-order valence-electron chi connectivity index (χ4n) is 1.53. The summed E-state index contributed by atoms with van der Waals surface area (Å²) in [7, 11) is 0. The smallest absolute Gasteiger partial charge is 0.324 e. The molecule has 1 fully saturated rings. The first-order valence-electron chi connectivity index (χ1n) is 4.14. The summed E-state index contributed by atoms with van der Waals surface area (Å²) in [5.74, 6) is -1.09. The van der Waals surface area contributed by atoms with Crippen LogP contribution in [0.25, 0.3) is 0 Å². The van der Waals surface area contributed by atoms with Gasteiger partial charge in [-0.1, -0.05) is 23.2 Å². The minimum absolute atomic E-state index is 0.0125. The lowest BCUT2D eigenvalue weighted by Gasteiger charge is -2.16. The van der Waals surface area contributed by atoms with Gasteiger partial charge in [-0.15, -0.1) is 11.3 Å². The largest absolute Gasteiger partial charge is 0.392 e. The Morgan fingerprint density at radius 3 is 2.53 bits per heavy atom. The Hall–Kier alpha value is -0.580. The van der Waals surface area contributed by atoms with Crippen LogP contribution in [-0.2, 0) is 19.7 Å². The highest BCUT2D eigenvalue weighted by Gasteiger charge is 2.48. The topological polar surface area (TPSA) is 43.4 Å². The maximum absolute atomic E-state index is 11.5. The fraction of sp³-hybridized carbons (Fsp3) is 0.333. The van der Waals surface area contributed by atoms with Crippen LogP contribution in [0.5, 0.6) is 0 Å². The molecule has 1 aliphatic rings. The summed E-state index contributed by atoms with van der Waals surface area (Å²) in [6.07, 6.45) is 0.0125. The van der Waals surface area contributed by atoms with Gasteiger partial charge in [0.2, 0.25) is 0 Å². The van der Waals surface area contributed by atoms with Gasteiger partial charge in [0.15, 0.2) is 0 Å². The van der Waals surface area contributed by atoms with Crippen molar-refractivity contribution >= 4 is 46.5 Å². The third-order valence-corrected chi connectivity index (χ3v) is 3.89. The van der Waals surface area contributed by atoms with Crippen LogP contribution in [0.3, 0.4) is 0 Å². The molecule has 0 aliphatic carbocycles. The Labute approximate surface area is 99.9 Å². The summed E-state index contributed by atoms with van der Waals surface area (Å²) in [6, 6.07) is 1.61. The van der Waals surface area contributed by atoms with Gasteiger partial charge in [-0.3, -0.25) is 9.59 Å². The van der Waals surface area contributed by atoms with E-state index in [0.717, 1.165) is 0 Å². The first-order valence-corrected chi connectivity index (χ1v) is 5.71. The number of cyclic esters (lactones) is 2. The molecule has 0 spiro atoms. The second kappa shape index (κ2) is 3.47. The first kappa shape index (κ1) is 10.9. The zero-order valence-electron chi connectivity index (χ0n) is 7.67. The van der Waals surface area contributed by atoms with Crippen molar-refractivity contribution in [1.29, 1.82) is 0 Å². The number of thiophene rings is 1. The summed E-state index contributed by atoms with van der Waals surface area (Å²) >= 11 is 12.9. The van der Waals surface area contributed by atoms with Gasteiger partial charge in [-0.25, -0.2) is 0 Å². The predicted octanol–water partition coefficient (Wildman–Crippen LogP) is 2.79. The summed E-state index contributed by atoms with van der Waals surface area (Å²) in [6.45, 7) is 1.63. The molecule has 1 aromatic heterocycles. The maximum Gasteiger partial charge on any atom is 0.324 e. The maximum atomic E-state index is 11.5. The van der Waals surface area contributed by atoms with E-state index in [1.54, 1.807) is 13.0 Å². The van der Waals surface area contributed by atoms with Crippen molar-refractivity contribution in [2.75, 3.05) is 0 Å². The highest BCUT2D eigenvalue weighted by Crippen LogP contribution is 2.43. The van der Waals surface area contributed by atoms with E-state index in [1.807, 2.05) is 0 Å². The number of rotatable bonds is 1. The molecular formula is C9H6Cl2O3S. The molecule has 0 N–H and O–H groups in total. The monoisotopic (exact) mass is 264 g/mol. The van der Waals surface area contributed by atoms with E-state index in [0.29, 0.717) is 14.2 Å². The molecule has 0 aromatic carbocycles. The van der Waals surface area contributed by atoms with Crippen molar-refractivity contribution in [3.05, 3.63) is 20.3 Å². The summed E-state index contributed by atoms with van der Waals surface area (Å²) in [5.41, 5.74) is -0.423. The summed E-state index contributed by atoms with van der Waals surface area (Å²) in [4.78, 5) is 22.6. The lowest BCUT2D eigenvalue weighted by atomic mass is 9.83. The normalized spacial score (nSPS) is 25.8. The number of carbonyl (C=O) groups excluding carboxylic acids is 2. The molecule has 2 heterocycles. The minimum atomic E-state index is -0.988. The van der Waals surface area contributed by atoms with Crippen LogP contribution in [0, 0.1) is 0 Å². The number of carbonyl (C=O) groups is 2. The fourth-order valence-corrected chi connectivity index (χ4v) is 3.25. The highest BCUT2D eigenvalue weighted by atomic mass is 35.5. The molecule has 80 valence electrons. The molecule has 6 heteroatoms. The van der Waals surface area contributed by atoms with E-state index in [2.05, 4.69) is 4.74 Å². The zero-order valence-corrected chi connectivity index (χ0v) is 10.0. The third-order valence-electron chi connectivity index (χ3n) is 2.41. The standard InChI is InChI=1S/C9H6Cl2O3S/c1-9(3-6(12)14-8(9)13)4-2-5(10)15-7(4)11/h2H,3H2,1H3. The Morgan fingerprint density at radius 1 is 1.47 bits per heavy atom. The number of halogens is 2. The molecule has 1 unspecified atom stereocenters. The molecule has 2 rings (SSSR count). The van der Waals surface area contributed by atoms with Crippen molar-refractivity contribution in [3.8, 4) is 0 Å². The molecular weight excluding hydrogens is 259 g/mol. The van der Waals surface area contributed by atoms with Gasteiger partial charge >= 0.3 is 11.9 Å². The number of hydrogen-bond acceptors (Lipinski definition) is 4. The number of hydrogen-bond donors (Lipinski definition) is 0. The molecule has 0 bridgehead atoms. The molecule has 1 aromatic rings. The minimum Gasteiger partial charge on any atom is -0.392 e. The average Bonchev–Trinajstić information content (AvgIpc) is 2.55. The Kier molecular flexibility index (Phi) is 2.53. The van der Waals surface area contributed by atoms with Crippen LogP contribution in [0.15, 0.2) is 6.07 Å². The van der Waals surface area contributed by atoms with Gasteiger partial charge in [-0.05, 0) is 13.0 Å². The second-order valence-corrected chi connectivity index (χ2v) is 5.79. The van der Waals surface area contributed by atoms with Crippen LogP contribution < -0.4 is 0 Å². The quantitative estimate of drug-likeness (QED) is 0.579. The van der Waals surface area contributed by atoms with Gasteiger partial charge in [-0.2, -0.15) is 0 Å². The van der Waals surface area contributed by atoms with Gasteiger partial charge in [0.05, 0.1) is 15.1 Å². The molecule has 0 radical (unpaired) electrons. The third kappa shape index (κ3) is 1.67. The van der Waals surface area contributed by atoms with Crippen molar-refractivity contribution in [2.45, 2.75) is 18.8 Å². The van der Waals surface area contributed by atoms with E-state index < -0.39 is 17.4 Å². The lowest BCUT2D eigenvalue weighted by Crippen LogP contribution is -2.27. The van der Waals surface area contributed by atoms with Gasteiger partial charge in [0, 0.05) is 5.56 Å². The average molecular weight is 265 g/mol. The van der Waals surface area contributed by atoms with Crippen LogP contribution in [-0.4, -0.2) is 11.9 Å². The van der Waals surface area contributed by atoms with Crippen LogP contribution in [0.1, 0.15) is 18.9 Å². The van der Waals surface area contributed by atoms with Gasteiger partial charge in [0.1, 0.15) is 5.41 Å². The molecule has 0 amide bonds. The van der Waals surface area contributed by atoms with E-state index in [-0.39, 0.29) is 6.42 Å². The van der Waals surface area contributed by atoms with E-state index in [4.69, 9.17) is 23.2 Å². The van der Waals surface area contributed by atoms with E-state index in [1.165, 1.54) is 11.3 Å². The molecule has 0 saturated carbocycles. The van der Waals surface area contributed by atoms with Crippen molar-refractivity contribution < 1.29 is 14.3 Å². The number of ether oxygens (including phenoxy) is 1. The zero-order chi connectivity index (χ0) is 11.2. The first-order chi connectivity index (χ1) is 6.93. The molecule has 1 atom stereocenters. The second-order valence-electron chi connectivity index (χ2n) is 3.51. The van der Waals surface area contributed by atoms with Crippen LogP contribution in [0.2, 0.25) is 8.67 Å². The van der Waals surface area contributed by atoms with E-state index in [9.17, 15) is 9.59 Å². The highest BCUT2D eigenvalue weighted by molar-refractivity contribution is 7.20. The molecule has 3 nitrogen and oxygen atoms in total. The number of esters is 2. The van der Waals surface area contributed by atoms with Crippen LogP contribution >= 0.6 is 34.5 Å². The Morgan fingerprint density at radius 2 is 2.13 bits per heavy atom. The Bertz CT molecular complexity index is 454. The van der Waals surface area contributed by atoms with Gasteiger partial charge < -0.3 is 4.74 Å². The van der Waals surface area contributed by atoms with Crippen LogP contribution in [0.4, 0.5) is 0 Å². The summed E-state index contributed by atoms with van der Waals surface area (Å²) in [5, 5.41) is 0. The molecule has 15 heavy (non-hydrogen) atoms. The molecule has 1 saturated heterocycles. The van der Waals surface area contributed by atoms with E-state index >= 15 is 0 Å². The SMILES string of the molecule is CC1(c2cc(Cl)sc2Cl)CC(=O)OC1=O. The molecule has 1 aliphatic heterocycles. The predicted molar refractivity (Wildman–Crippen MR) is 57.4 cm³/mol. The van der Waals surface area contributed by atoms with Gasteiger partial charge in [0.25, 0.3) is 0 Å². The van der Waals surface area contributed by atoms with Crippen molar-refractivity contribution in [1.82, 2.24) is 0 Å². The summed E-state index contributed by atoms with van der Waals surface area (Å²) < 4.78 is 5.43. The lowest BCUT2D eigenvalue weighted by molar-refractivity contribution is -0.153. The van der Waals surface area contributed by atoms with Crippen molar-refractivity contribution in [3.63, 3.8) is 0 Å². The van der Waals surface area contributed by atoms with Crippen molar-refractivity contribution in [2.24, 2.45) is 0 Å². The Balaban J connectivity index is 2.50.